The maximum absolute atomic E-state index is 6.26. The summed E-state index contributed by atoms with van der Waals surface area (Å²) in [6.45, 7) is 0. The number of hydrogen-bond acceptors (Lipinski definition) is 2. The number of hydrogen-bond donors (Lipinski definition) is 2. The van der Waals surface area contributed by atoms with Crippen molar-refractivity contribution in [2.24, 2.45) is 11.8 Å². The van der Waals surface area contributed by atoms with Crippen molar-refractivity contribution < 1.29 is 0 Å². The van der Waals surface area contributed by atoms with Gasteiger partial charge in [0.05, 0.1) is 6.04 Å². The fourth-order valence-electron chi connectivity index (χ4n) is 2.52. The number of nitrogens with one attached hydrogen (secondary N) is 1. The standard InChI is InChI=1S/C12H16BrClN2/c13-9-5-6-10(11(14)7-9)12(16-15)8-3-1-2-4-8/h5-8,12,16H,1-4,15H2. The van der Waals surface area contributed by atoms with E-state index in [1.54, 1.807) is 0 Å². The zero-order chi connectivity index (χ0) is 11.5. The molecular formula is C12H16BrClN2. The SMILES string of the molecule is NNC(c1ccc(Br)cc1Cl)C1CCCC1. The van der Waals surface area contributed by atoms with E-state index in [0.717, 1.165) is 15.1 Å². The lowest BCUT2D eigenvalue weighted by Gasteiger charge is -2.24. The van der Waals surface area contributed by atoms with E-state index < -0.39 is 0 Å². The van der Waals surface area contributed by atoms with E-state index in [1.165, 1.54) is 25.7 Å². The van der Waals surface area contributed by atoms with Crippen LogP contribution in [0.15, 0.2) is 22.7 Å². The Morgan fingerprint density at radius 3 is 2.62 bits per heavy atom. The molecule has 1 aromatic rings. The van der Waals surface area contributed by atoms with E-state index in [9.17, 15) is 0 Å². The van der Waals surface area contributed by atoms with Crippen LogP contribution in [0.5, 0.6) is 0 Å². The summed E-state index contributed by atoms with van der Waals surface area (Å²) in [5.41, 5.74) is 4.03. The predicted molar refractivity (Wildman–Crippen MR) is 71.2 cm³/mol. The highest BCUT2D eigenvalue weighted by Gasteiger charge is 2.26. The normalized spacial score (nSPS) is 18.9. The summed E-state index contributed by atoms with van der Waals surface area (Å²) in [6.07, 6.45) is 5.08. The van der Waals surface area contributed by atoms with Crippen LogP contribution >= 0.6 is 27.5 Å². The number of rotatable bonds is 3. The first-order valence-electron chi connectivity index (χ1n) is 5.63. The molecular weight excluding hydrogens is 288 g/mol. The van der Waals surface area contributed by atoms with Gasteiger partial charge in [-0.1, -0.05) is 46.4 Å². The first-order chi connectivity index (χ1) is 7.72. The molecule has 1 aliphatic rings. The molecule has 0 amide bonds. The van der Waals surface area contributed by atoms with Crippen molar-refractivity contribution in [3.63, 3.8) is 0 Å². The minimum absolute atomic E-state index is 0.183. The molecule has 0 heterocycles. The van der Waals surface area contributed by atoms with Gasteiger partial charge in [-0.25, -0.2) is 0 Å². The number of halogens is 2. The Morgan fingerprint density at radius 2 is 2.06 bits per heavy atom. The van der Waals surface area contributed by atoms with Gasteiger partial charge in [0.2, 0.25) is 0 Å². The Morgan fingerprint density at radius 1 is 1.38 bits per heavy atom. The molecule has 2 rings (SSSR count). The van der Waals surface area contributed by atoms with E-state index in [2.05, 4.69) is 27.4 Å². The highest BCUT2D eigenvalue weighted by molar-refractivity contribution is 9.10. The Hall–Kier alpha value is -0.0900. The van der Waals surface area contributed by atoms with Crippen molar-refractivity contribution in [3.05, 3.63) is 33.3 Å². The fourth-order valence-corrected chi connectivity index (χ4v) is 3.32. The number of nitrogens with two attached hydrogens (primary N) is 1. The molecule has 1 fully saturated rings. The van der Waals surface area contributed by atoms with Gasteiger partial charge < -0.3 is 0 Å². The largest absolute Gasteiger partial charge is 0.271 e. The van der Waals surface area contributed by atoms with Gasteiger partial charge in [-0.05, 0) is 36.5 Å². The van der Waals surface area contributed by atoms with Gasteiger partial charge in [0.1, 0.15) is 0 Å². The average molecular weight is 304 g/mol. The number of benzene rings is 1. The first-order valence-corrected chi connectivity index (χ1v) is 6.80. The second-order valence-electron chi connectivity index (χ2n) is 4.35. The lowest BCUT2D eigenvalue weighted by atomic mass is 9.92. The second-order valence-corrected chi connectivity index (χ2v) is 5.68. The monoisotopic (exact) mass is 302 g/mol. The second kappa shape index (κ2) is 5.50. The van der Waals surface area contributed by atoms with Crippen LogP contribution in [-0.4, -0.2) is 0 Å². The van der Waals surface area contributed by atoms with Crippen molar-refractivity contribution in [2.45, 2.75) is 31.7 Å². The van der Waals surface area contributed by atoms with Crippen LogP contribution < -0.4 is 11.3 Å². The Bertz CT molecular complexity index is 364. The molecule has 0 bridgehead atoms. The van der Waals surface area contributed by atoms with Crippen LogP contribution in [0, 0.1) is 5.92 Å². The Kier molecular flexibility index (Phi) is 4.25. The third-order valence-corrected chi connectivity index (χ3v) is 4.17. The molecule has 88 valence electrons. The van der Waals surface area contributed by atoms with Crippen molar-refractivity contribution in [2.75, 3.05) is 0 Å². The van der Waals surface area contributed by atoms with Crippen molar-refractivity contribution >= 4 is 27.5 Å². The van der Waals surface area contributed by atoms with Crippen LogP contribution in [0.2, 0.25) is 5.02 Å². The van der Waals surface area contributed by atoms with Gasteiger partial charge in [0.25, 0.3) is 0 Å². The third kappa shape index (κ3) is 2.59. The lowest BCUT2D eigenvalue weighted by molar-refractivity contribution is 0.373. The minimum atomic E-state index is 0.183. The van der Waals surface area contributed by atoms with E-state index in [-0.39, 0.29) is 6.04 Å². The van der Waals surface area contributed by atoms with Gasteiger partial charge in [0, 0.05) is 9.50 Å². The molecule has 1 aliphatic carbocycles. The summed E-state index contributed by atoms with van der Waals surface area (Å²) in [5, 5.41) is 0.782. The fraction of sp³-hybridized carbons (Fsp3) is 0.500. The van der Waals surface area contributed by atoms with Crippen LogP contribution in [0.4, 0.5) is 0 Å². The van der Waals surface area contributed by atoms with Crippen molar-refractivity contribution in [3.8, 4) is 0 Å². The highest BCUT2D eigenvalue weighted by Crippen LogP contribution is 2.38. The van der Waals surface area contributed by atoms with Crippen molar-refractivity contribution in [1.29, 1.82) is 0 Å². The van der Waals surface area contributed by atoms with Crippen LogP contribution in [0.25, 0.3) is 0 Å². The van der Waals surface area contributed by atoms with Gasteiger partial charge in [-0.15, -0.1) is 0 Å². The van der Waals surface area contributed by atoms with E-state index in [1.807, 2.05) is 12.1 Å². The lowest BCUT2D eigenvalue weighted by Crippen LogP contribution is -2.32. The summed E-state index contributed by atoms with van der Waals surface area (Å²) in [7, 11) is 0. The van der Waals surface area contributed by atoms with E-state index in [4.69, 9.17) is 17.4 Å². The first kappa shape index (κ1) is 12.4. The molecule has 16 heavy (non-hydrogen) atoms. The molecule has 0 aromatic heterocycles. The van der Waals surface area contributed by atoms with Gasteiger partial charge in [0.15, 0.2) is 0 Å². The van der Waals surface area contributed by atoms with Gasteiger partial charge in [-0.2, -0.15) is 0 Å². The van der Waals surface area contributed by atoms with Crippen LogP contribution in [-0.2, 0) is 0 Å². The molecule has 1 unspecified atom stereocenters. The third-order valence-electron chi connectivity index (χ3n) is 3.35. The maximum atomic E-state index is 6.26. The molecule has 4 heteroatoms. The predicted octanol–water partition coefficient (Wildman–Crippen LogP) is 3.80. The van der Waals surface area contributed by atoms with Gasteiger partial charge >= 0.3 is 0 Å². The molecule has 0 aliphatic heterocycles. The van der Waals surface area contributed by atoms with E-state index in [0.29, 0.717) is 5.92 Å². The summed E-state index contributed by atoms with van der Waals surface area (Å²) in [5.74, 6) is 6.29. The summed E-state index contributed by atoms with van der Waals surface area (Å²) in [6, 6.07) is 6.18. The van der Waals surface area contributed by atoms with Crippen LogP contribution in [0.1, 0.15) is 37.3 Å². The van der Waals surface area contributed by atoms with Gasteiger partial charge in [-0.3, -0.25) is 11.3 Å². The zero-order valence-corrected chi connectivity index (χ0v) is 11.4. The highest BCUT2D eigenvalue weighted by atomic mass is 79.9. The van der Waals surface area contributed by atoms with E-state index >= 15 is 0 Å². The molecule has 0 spiro atoms. The smallest absolute Gasteiger partial charge is 0.0502 e. The average Bonchev–Trinajstić information content (AvgIpc) is 2.75. The molecule has 1 saturated carbocycles. The molecule has 2 nitrogen and oxygen atoms in total. The molecule has 0 radical (unpaired) electrons. The Labute approximate surface area is 110 Å². The van der Waals surface area contributed by atoms with Crippen LogP contribution in [0.3, 0.4) is 0 Å². The quantitative estimate of drug-likeness (QED) is 0.658. The summed E-state index contributed by atoms with van der Waals surface area (Å²) < 4.78 is 1.00. The molecule has 0 saturated heterocycles. The summed E-state index contributed by atoms with van der Waals surface area (Å²) in [4.78, 5) is 0. The number of hydrazine groups is 1. The topological polar surface area (TPSA) is 38.0 Å². The molecule has 1 atom stereocenters. The summed E-state index contributed by atoms with van der Waals surface area (Å²) >= 11 is 9.67. The zero-order valence-electron chi connectivity index (χ0n) is 9.05. The maximum Gasteiger partial charge on any atom is 0.0502 e. The molecule has 3 N–H and O–H groups in total. The molecule has 1 aromatic carbocycles. The minimum Gasteiger partial charge on any atom is -0.271 e. The van der Waals surface area contributed by atoms with Crippen molar-refractivity contribution in [1.82, 2.24) is 5.43 Å². The Balaban J connectivity index is 2.25.